The number of nitrogens with zero attached hydrogens (tertiary/aromatic N) is 2. The van der Waals surface area contributed by atoms with E-state index in [1.807, 2.05) is 13.1 Å². The first-order chi connectivity index (χ1) is 10.0. The van der Waals surface area contributed by atoms with Gasteiger partial charge in [0.1, 0.15) is 0 Å². The molecule has 0 radical (unpaired) electrons. The topological polar surface area (TPSA) is 66.6 Å². The van der Waals surface area contributed by atoms with Gasteiger partial charge in [0.05, 0.1) is 16.1 Å². The third-order valence-electron chi connectivity index (χ3n) is 3.95. The van der Waals surface area contributed by atoms with E-state index in [2.05, 4.69) is 4.90 Å². The highest BCUT2D eigenvalue weighted by Gasteiger charge is 2.31. The fraction of sp³-hybridized carbons (Fsp3) is 0.500. The molecule has 0 amide bonds. The number of nitro benzene ring substituents is 1. The lowest BCUT2D eigenvalue weighted by atomic mass is 10.0. The Kier molecular flexibility index (Phi) is 5.09. The molecule has 2 rings (SSSR count). The predicted octanol–water partition coefficient (Wildman–Crippen LogP) is 2.84. The summed E-state index contributed by atoms with van der Waals surface area (Å²) >= 11 is 0. The molecule has 1 aromatic rings. The second kappa shape index (κ2) is 6.83. The van der Waals surface area contributed by atoms with E-state index < -0.39 is 5.60 Å². The van der Waals surface area contributed by atoms with Gasteiger partial charge in [-0.1, -0.05) is 37.1 Å². The van der Waals surface area contributed by atoms with E-state index in [0.29, 0.717) is 18.7 Å². The van der Waals surface area contributed by atoms with Crippen LogP contribution in [0.2, 0.25) is 0 Å². The van der Waals surface area contributed by atoms with Crippen LogP contribution in [0.4, 0.5) is 5.69 Å². The summed E-state index contributed by atoms with van der Waals surface area (Å²) in [4.78, 5) is 12.6. The first-order valence-electron chi connectivity index (χ1n) is 7.31. The van der Waals surface area contributed by atoms with E-state index in [1.165, 1.54) is 6.07 Å². The van der Waals surface area contributed by atoms with Crippen LogP contribution in [0.1, 0.15) is 31.2 Å². The molecule has 1 N–H and O–H groups in total. The molecule has 1 aromatic carbocycles. The van der Waals surface area contributed by atoms with Crippen molar-refractivity contribution in [2.75, 3.05) is 20.1 Å². The smallest absolute Gasteiger partial charge is 0.276 e. The average molecular weight is 290 g/mol. The second-order valence-electron chi connectivity index (χ2n) is 5.85. The highest BCUT2D eigenvalue weighted by molar-refractivity contribution is 5.60. The first kappa shape index (κ1) is 15.7. The van der Waals surface area contributed by atoms with E-state index in [-0.39, 0.29) is 10.6 Å². The minimum absolute atomic E-state index is 0.117. The molecule has 0 unspecified atom stereocenters. The Morgan fingerprint density at radius 3 is 2.71 bits per heavy atom. The summed E-state index contributed by atoms with van der Waals surface area (Å²) in [7, 11) is 1.96. The lowest BCUT2D eigenvalue weighted by Crippen LogP contribution is -2.39. The minimum Gasteiger partial charge on any atom is -0.389 e. The maximum absolute atomic E-state index is 10.9. The Morgan fingerprint density at radius 1 is 1.38 bits per heavy atom. The van der Waals surface area contributed by atoms with Gasteiger partial charge in [-0.05, 0) is 26.0 Å². The largest absolute Gasteiger partial charge is 0.389 e. The molecule has 0 aromatic heterocycles. The number of aliphatic hydroxyl groups is 1. The molecule has 21 heavy (non-hydrogen) atoms. The average Bonchev–Trinajstić information content (AvgIpc) is 2.85. The van der Waals surface area contributed by atoms with Crippen molar-refractivity contribution < 1.29 is 10.0 Å². The summed E-state index contributed by atoms with van der Waals surface area (Å²) in [6.45, 7) is 1.31. The van der Waals surface area contributed by atoms with E-state index in [4.69, 9.17) is 0 Å². The fourth-order valence-corrected chi connectivity index (χ4v) is 2.91. The van der Waals surface area contributed by atoms with Gasteiger partial charge in [0.15, 0.2) is 0 Å². The van der Waals surface area contributed by atoms with Gasteiger partial charge in [-0.3, -0.25) is 15.0 Å². The Hall–Kier alpha value is -1.72. The summed E-state index contributed by atoms with van der Waals surface area (Å²) in [5, 5.41) is 21.3. The molecule has 114 valence electrons. The normalized spacial score (nSPS) is 17.7. The van der Waals surface area contributed by atoms with E-state index in [0.717, 1.165) is 25.7 Å². The van der Waals surface area contributed by atoms with Crippen molar-refractivity contribution in [1.29, 1.82) is 0 Å². The van der Waals surface area contributed by atoms with Crippen molar-refractivity contribution in [2.24, 2.45) is 0 Å². The number of benzene rings is 1. The molecule has 1 aliphatic rings. The van der Waals surface area contributed by atoms with Crippen LogP contribution in [0.3, 0.4) is 0 Å². The Labute approximate surface area is 125 Å². The van der Waals surface area contributed by atoms with Crippen molar-refractivity contribution in [3.8, 4) is 0 Å². The molecule has 0 atom stereocenters. The van der Waals surface area contributed by atoms with E-state index >= 15 is 0 Å². The summed E-state index contributed by atoms with van der Waals surface area (Å²) in [5.74, 6) is 0. The summed E-state index contributed by atoms with van der Waals surface area (Å²) < 4.78 is 0. The zero-order valence-corrected chi connectivity index (χ0v) is 12.4. The van der Waals surface area contributed by atoms with Crippen molar-refractivity contribution in [2.45, 2.75) is 31.3 Å². The van der Waals surface area contributed by atoms with Crippen LogP contribution in [0.5, 0.6) is 0 Å². The Balaban J connectivity index is 1.91. The molecule has 0 saturated heterocycles. The molecule has 1 fully saturated rings. The lowest BCUT2D eigenvalue weighted by molar-refractivity contribution is -0.385. The molecule has 5 heteroatoms. The van der Waals surface area contributed by atoms with Gasteiger partial charge in [0.25, 0.3) is 5.69 Å². The van der Waals surface area contributed by atoms with Gasteiger partial charge in [0.2, 0.25) is 0 Å². The highest BCUT2D eigenvalue weighted by Crippen LogP contribution is 2.29. The van der Waals surface area contributed by atoms with Gasteiger partial charge < -0.3 is 5.11 Å². The number of hydrogen-bond acceptors (Lipinski definition) is 4. The maximum atomic E-state index is 10.9. The zero-order valence-electron chi connectivity index (χ0n) is 12.4. The molecular formula is C16H22N2O3. The molecular weight excluding hydrogens is 268 g/mol. The fourth-order valence-electron chi connectivity index (χ4n) is 2.91. The summed E-state index contributed by atoms with van der Waals surface area (Å²) in [5.41, 5.74) is 0.169. The van der Waals surface area contributed by atoms with Crippen molar-refractivity contribution in [3.05, 3.63) is 46.0 Å². The Morgan fingerprint density at radius 2 is 2.05 bits per heavy atom. The van der Waals surface area contributed by atoms with E-state index in [9.17, 15) is 15.2 Å². The zero-order chi connectivity index (χ0) is 15.3. The number of hydrogen-bond donors (Lipinski definition) is 1. The van der Waals surface area contributed by atoms with E-state index in [1.54, 1.807) is 24.3 Å². The third kappa shape index (κ3) is 4.37. The molecule has 0 spiro atoms. The highest BCUT2D eigenvalue weighted by atomic mass is 16.6. The number of likely N-dealkylation sites (N-methyl/N-ethyl adjacent to an activating group) is 1. The minimum atomic E-state index is -0.554. The standard InChI is InChI=1S/C16H22N2O3/c1-17(13-16(19)10-4-5-11-16)12-6-8-14-7-2-3-9-15(14)18(20)21/h2-3,6-9,19H,4-5,10-13H2,1H3/b8-6+. The molecule has 1 saturated carbocycles. The van der Waals surface area contributed by atoms with Crippen LogP contribution in [-0.4, -0.2) is 40.7 Å². The number of nitro groups is 1. The Bertz CT molecular complexity index is 522. The predicted molar refractivity (Wildman–Crippen MR) is 83.0 cm³/mol. The van der Waals surface area contributed by atoms with Crippen LogP contribution >= 0.6 is 0 Å². The quantitative estimate of drug-likeness (QED) is 0.646. The molecule has 0 aliphatic heterocycles. The van der Waals surface area contributed by atoms with Gasteiger partial charge in [0, 0.05) is 19.2 Å². The molecule has 1 aliphatic carbocycles. The summed E-state index contributed by atoms with van der Waals surface area (Å²) in [6, 6.07) is 6.69. The lowest BCUT2D eigenvalue weighted by Gasteiger charge is -2.27. The van der Waals surface area contributed by atoms with Crippen LogP contribution < -0.4 is 0 Å². The first-order valence-corrected chi connectivity index (χ1v) is 7.31. The van der Waals surface area contributed by atoms with Crippen LogP contribution in [0.25, 0.3) is 6.08 Å². The van der Waals surface area contributed by atoms with Crippen molar-refractivity contribution in [3.63, 3.8) is 0 Å². The van der Waals surface area contributed by atoms with Gasteiger partial charge >= 0.3 is 0 Å². The van der Waals surface area contributed by atoms with Crippen LogP contribution in [-0.2, 0) is 0 Å². The SMILES string of the molecule is CN(C/C=C/c1ccccc1[N+](=O)[O-])CC1(O)CCCC1. The van der Waals surface area contributed by atoms with Crippen LogP contribution in [0, 0.1) is 10.1 Å². The second-order valence-corrected chi connectivity index (χ2v) is 5.85. The monoisotopic (exact) mass is 290 g/mol. The summed E-state index contributed by atoms with van der Waals surface area (Å²) in [6.07, 6.45) is 7.59. The van der Waals surface area contributed by atoms with Gasteiger partial charge in [-0.25, -0.2) is 0 Å². The number of rotatable bonds is 6. The molecule has 0 bridgehead atoms. The van der Waals surface area contributed by atoms with Crippen molar-refractivity contribution in [1.82, 2.24) is 4.90 Å². The number of para-hydroxylation sites is 1. The molecule has 0 heterocycles. The third-order valence-corrected chi connectivity index (χ3v) is 3.95. The van der Waals surface area contributed by atoms with Crippen molar-refractivity contribution >= 4 is 11.8 Å². The van der Waals surface area contributed by atoms with Gasteiger partial charge in [-0.15, -0.1) is 0 Å². The molecule has 5 nitrogen and oxygen atoms in total. The maximum Gasteiger partial charge on any atom is 0.276 e. The van der Waals surface area contributed by atoms with Gasteiger partial charge in [-0.2, -0.15) is 0 Å². The van der Waals surface area contributed by atoms with Crippen LogP contribution in [0.15, 0.2) is 30.3 Å².